The summed E-state index contributed by atoms with van der Waals surface area (Å²) < 4.78 is 34.5. The van der Waals surface area contributed by atoms with E-state index in [1.54, 1.807) is 6.08 Å². The van der Waals surface area contributed by atoms with E-state index in [0.717, 1.165) is 57.8 Å². The van der Waals surface area contributed by atoms with Gasteiger partial charge in [-0.25, -0.2) is 0 Å². The summed E-state index contributed by atoms with van der Waals surface area (Å²) in [5.74, 6) is -0.271. The van der Waals surface area contributed by atoms with Crippen LogP contribution in [0.15, 0.2) is 48.6 Å². The first-order valence-electron chi connectivity index (χ1n) is 42.4. The van der Waals surface area contributed by atoms with Crippen LogP contribution in [0.1, 0.15) is 348 Å². The zero-order chi connectivity index (χ0) is 74.6. The number of allylic oxidation sites excluding steroid dienone is 7. The molecule has 12 N–H and O–H groups in total. The number of hydrogen-bond acceptors (Lipinski definition) is 18. The minimum Gasteiger partial charge on any atom is -0.394 e. The van der Waals surface area contributed by atoms with Crippen molar-refractivity contribution in [2.75, 3.05) is 26.4 Å². The molecule has 1 amide bonds. The second kappa shape index (κ2) is 64.6. The molecule has 0 aliphatic carbocycles. The Hall–Kier alpha value is -2.25. The number of aliphatic hydroxyl groups excluding tert-OH is 11. The highest BCUT2D eigenvalue weighted by molar-refractivity contribution is 5.76. The van der Waals surface area contributed by atoms with Crippen molar-refractivity contribution in [1.29, 1.82) is 0 Å². The molecule has 0 radical (unpaired) electrons. The number of nitrogens with one attached hydrogen (secondary N) is 1. The van der Waals surface area contributed by atoms with Crippen molar-refractivity contribution < 1.29 is 89.4 Å². The van der Waals surface area contributed by atoms with E-state index in [0.29, 0.717) is 6.42 Å². The van der Waals surface area contributed by atoms with Gasteiger partial charge in [-0.15, -0.1) is 0 Å². The van der Waals surface area contributed by atoms with Gasteiger partial charge < -0.3 is 89.9 Å². The van der Waals surface area contributed by atoms with E-state index in [1.807, 2.05) is 6.08 Å². The van der Waals surface area contributed by atoms with Crippen molar-refractivity contribution >= 4 is 5.91 Å². The van der Waals surface area contributed by atoms with Gasteiger partial charge in [0.2, 0.25) is 5.91 Å². The topological polar surface area (TPSA) is 307 Å². The first-order chi connectivity index (χ1) is 50.3. The molecule has 17 unspecified atom stereocenters. The van der Waals surface area contributed by atoms with Crippen LogP contribution in [0.4, 0.5) is 0 Å². The van der Waals surface area contributed by atoms with Gasteiger partial charge in [-0.1, -0.05) is 332 Å². The van der Waals surface area contributed by atoms with E-state index in [9.17, 15) is 61.0 Å². The second-order valence-corrected chi connectivity index (χ2v) is 30.3. The summed E-state index contributed by atoms with van der Waals surface area (Å²) >= 11 is 0. The fourth-order valence-electron chi connectivity index (χ4n) is 14.3. The molecule has 3 saturated heterocycles. The van der Waals surface area contributed by atoms with Gasteiger partial charge in [-0.05, 0) is 57.8 Å². The van der Waals surface area contributed by atoms with Crippen LogP contribution in [0.3, 0.4) is 0 Å². The minimum atomic E-state index is -1.98. The SMILES string of the molecule is CCCCCCC/C=C\C/C=C\C/C=C\CCCCCCCCCCCCCCCCCCC(=O)NC(COC1OC(CO)C(OC2OC(CO)C(OC3OC(CO)C(O)C(O)C3O)C(O)C2O)C(O)C1O)C(O)/C=C/CCCCCCCCCCCCCCCCCCCCCCCCCCC. The zero-order valence-corrected chi connectivity index (χ0v) is 64.8. The molecule has 0 aromatic carbocycles. The van der Waals surface area contributed by atoms with Crippen LogP contribution in [0.5, 0.6) is 0 Å². The molecule has 3 heterocycles. The molecule has 103 heavy (non-hydrogen) atoms. The van der Waals surface area contributed by atoms with E-state index in [4.69, 9.17) is 28.4 Å². The molecule has 3 rings (SSSR count). The number of rotatable bonds is 68. The summed E-state index contributed by atoms with van der Waals surface area (Å²) in [4.78, 5) is 13.5. The summed E-state index contributed by atoms with van der Waals surface area (Å²) in [5, 5.41) is 121. The van der Waals surface area contributed by atoms with E-state index in [1.165, 1.54) is 263 Å². The molecular formula is C84H155NO18. The van der Waals surface area contributed by atoms with Crippen molar-refractivity contribution in [3.05, 3.63) is 48.6 Å². The molecule has 0 aromatic rings. The number of ether oxygens (including phenoxy) is 6. The Labute approximate surface area is 624 Å². The van der Waals surface area contributed by atoms with Gasteiger partial charge in [0, 0.05) is 6.42 Å². The van der Waals surface area contributed by atoms with Crippen LogP contribution in [0.25, 0.3) is 0 Å². The Balaban J connectivity index is 1.36. The molecule has 19 heteroatoms. The quantitative estimate of drug-likeness (QED) is 0.0199. The van der Waals surface area contributed by atoms with Crippen LogP contribution in [0.2, 0.25) is 0 Å². The number of carbonyl (C=O) groups is 1. The second-order valence-electron chi connectivity index (χ2n) is 30.3. The highest BCUT2D eigenvalue weighted by Crippen LogP contribution is 2.33. The van der Waals surface area contributed by atoms with Crippen molar-refractivity contribution in [2.24, 2.45) is 0 Å². The Kier molecular flexibility index (Phi) is 59.5. The Morgan fingerprint density at radius 3 is 1.00 bits per heavy atom. The third-order valence-electron chi connectivity index (χ3n) is 21.1. The third-order valence-corrected chi connectivity index (χ3v) is 21.1. The first kappa shape index (κ1) is 95.0. The molecule has 0 saturated carbocycles. The average Bonchev–Trinajstić information content (AvgIpc) is 0.781. The maximum absolute atomic E-state index is 13.5. The predicted molar refractivity (Wildman–Crippen MR) is 411 cm³/mol. The summed E-state index contributed by atoms with van der Waals surface area (Å²) in [6, 6.07) is -0.976. The fraction of sp³-hybridized carbons (Fsp3) is 0.893. The number of aliphatic hydroxyl groups is 11. The maximum atomic E-state index is 13.5. The molecule has 604 valence electrons. The molecule has 19 nitrogen and oxygen atoms in total. The lowest BCUT2D eigenvalue weighted by atomic mass is 9.96. The first-order valence-corrected chi connectivity index (χ1v) is 42.4. The number of amides is 1. The smallest absolute Gasteiger partial charge is 0.220 e. The van der Waals surface area contributed by atoms with Crippen LogP contribution in [-0.2, 0) is 33.2 Å². The Morgan fingerprint density at radius 2 is 0.641 bits per heavy atom. The van der Waals surface area contributed by atoms with Crippen molar-refractivity contribution in [3.63, 3.8) is 0 Å². The van der Waals surface area contributed by atoms with Crippen LogP contribution >= 0.6 is 0 Å². The van der Waals surface area contributed by atoms with Gasteiger partial charge >= 0.3 is 0 Å². The lowest BCUT2D eigenvalue weighted by Gasteiger charge is -2.48. The molecule has 0 bridgehead atoms. The number of carbonyl (C=O) groups excluding carboxylic acids is 1. The maximum Gasteiger partial charge on any atom is 0.220 e. The van der Waals surface area contributed by atoms with E-state index in [-0.39, 0.29) is 18.9 Å². The zero-order valence-electron chi connectivity index (χ0n) is 64.8. The molecule has 0 aromatic heterocycles. The molecule has 17 atom stereocenters. The van der Waals surface area contributed by atoms with Gasteiger partial charge in [-0.3, -0.25) is 4.79 Å². The lowest BCUT2D eigenvalue weighted by molar-refractivity contribution is -0.379. The normalized spacial score (nSPS) is 26.2. The van der Waals surface area contributed by atoms with E-state index >= 15 is 0 Å². The van der Waals surface area contributed by atoms with Crippen molar-refractivity contribution in [3.8, 4) is 0 Å². The summed E-state index contributed by atoms with van der Waals surface area (Å²) in [6.45, 7) is 1.78. The summed E-state index contributed by atoms with van der Waals surface area (Å²) in [6.07, 6.45) is 55.3. The van der Waals surface area contributed by atoms with Crippen molar-refractivity contribution in [2.45, 2.75) is 452 Å². The molecule has 3 aliphatic heterocycles. The standard InChI is InChI=1S/C84H155NO18/c1-3-5-7-9-11-13-15-17-19-21-23-25-27-29-31-32-33-34-36-38-40-42-44-46-48-50-52-54-56-58-60-62-72(90)85-67(68(89)61-59-57-55-53-51-49-47-45-43-41-39-37-35-30-28-26-24-22-20-18-16-14-12-10-8-6-4-2)66-98-82-78(96)75(93)80(70(64-87)100-82)103-84-79(97)76(94)81(71(65-88)101-84)102-83-77(95)74(92)73(91)69(63-86)99-83/h15,17,21,23,27,29,59,61,67-71,73-84,86-89,91-97H,3-14,16,18-20,22,24-26,28,30-58,60,62-66H2,1-2H3,(H,85,90)/b17-15-,23-21-,29-27-,61-59+. The van der Waals surface area contributed by atoms with Gasteiger partial charge in [0.1, 0.15) is 73.2 Å². The monoisotopic (exact) mass is 1470 g/mol. The minimum absolute atomic E-state index is 0.244. The van der Waals surface area contributed by atoms with Gasteiger partial charge in [0.15, 0.2) is 18.9 Å². The number of unbranched alkanes of at least 4 members (excludes halogenated alkanes) is 46. The highest BCUT2D eigenvalue weighted by atomic mass is 16.8. The van der Waals surface area contributed by atoms with Crippen LogP contribution < -0.4 is 5.32 Å². The summed E-state index contributed by atoms with van der Waals surface area (Å²) in [7, 11) is 0. The van der Waals surface area contributed by atoms with Crippen LogP contribution in [0, 0.1) is 0 Å². The van der Waals surface area contributed by atoms with E-state index < -0.39 is 124 Å². The number of hydrogen-bond donors (Lipinski definition) is 12. The Morgan fingerprint density at radius 1 is 0.350 bits per heavy atom. The summed E-state index contributed by atoms with van der Waals surface area (Å²) in [5.41, 5.74) is 0. The molecule has 3 fully saturated rings. The largest absolute Gasteiger partial charge is 0.394 e. The molecular weight excluding hydrogens is 1310 g/mol. The Bertz CT molecular complexity index is 2050. The third kappa shape index (κ3) is 44.3. The van der Waals surface area contributed by atoms with Gasteiger partial charge in [-0.2, -0.15) is 0 Å². The molecule has 0 spiro atoms. The van der Waals surface area contributed by atoms with Crippen molar-refractivity contribution in [1.82, 2.24) is 5.32 Å². The highest BCUT2D eigenvalue weighted by Gasteiger charge is 2.54. The van der Waals surface area contributed by atoms with E-state index in [2.05, 4.69) is 55.6 Å². The fourth-order valence-corrected chi connectivity index (χ4v) is 14.3. The average molecular weight is 1470 g/mol. The lowest BCUT2D eigenvalue weighted by Crippen LogP contribution is -2.66. The van der Waals surface area contributed by atoms with Gasteiger partial charge in [0.05, 0.1) is 38.6 Å². The predicted octanol–water partition coefficient (Wildman–Crippen LogP) is 14.8. The molecule has 3 aliphatic rings. The van der Waals surface area contributed by atoms with Gasteiger partial charge in [0.25, 0.3) is 0 Å². The van der Waals surface area contributed by atoms with Crippen LogP contribution in [-0.4, -0.2) is 193 Å².